The zero-order valence-corrected chi connectivity index (χ0v) is 11.8. The molecular formula is C15H23NO3. The Kier molecular flexibility index (Phi) is 4.66. The lowest BCUT2D eigenvalue weighted by atomic mass is 9.94. The summed E-state index contributed by atoms with van der Waals surface area (Å²) in [5, 5.41) is 9.88. The molecule has 19 heavy (non-hydrogen) atoms. The average Bonchev–Trinajstić information content (AvgIpc) is 2.41. The van der Waals surface area contributed by atoms with Crippen LogP contribution in [0.3, 0.4) is 0 Å². The van der Waals surface area contributed by atoms with Gasteiger partial charge in [-0.15, -0.1) is 0 Å². The Morgan fingerprint density at radius 3 is 2.32 bits per heavy atom. The van der Waals surface area contributed by atoms with Crippen LogP contribution in [0.5, 0.6) is 11.5 Å². The molecule has 4 nitrogen and oxygen atoms in total. The topological polar surface area (TPSA) is 41.9 Å². The van der Waals surface area contributed by atoms with Gasteiger partial charge in [-0.05, 0) is 44.0 Å². The fourth-order valence-corrected chi connectivity index (χ4v) is 2.22. The molecule has 4 heteroatoms. The molecule has 1 N–H and O–H groups in total. The first-order valence-corrected chi connectivity index (χ1v) is 6.81. The number of piperidine rings is 1. The quantitative estimate of drug-likeness (QED) is 0.883. The van der Waals surface area contributed by atoms with E-state index in [0.29, 0.717) is 6.61 Å². The second kappa shape index (κ2) is 6.26. The van der Waals surface area contributed by atoms with Crippen LogP contribution in [0.4, 0.5) is 0 Å². The number of methoxy groups -OCH3 is 1. The fraction of sp³-hybridized carbons (Fsp3) is 0.600. The number of hydrogen-bond donors (Lipinski definition) is 1. The number of nitrogens with zero attached hydrogens (tertiary/aromatic N) is 1. The van der Waals surface area contributed by atoms with E-state index in [1.807, 2.05) is 31.2 Å². The van der Waals surface area contributed by atoms with Gasteiger partial charge in [-0.25, -0.2) is 0 Å². The van der Waals surface area contributed by atoms with Crippen LogP contribution in [0.25, 0.3) is 0 Å². The highest BCUT2D eigenvalue weighted by atomic mass is 16.5. The fourth-order valence-electron chi connectivity index (χ4n) is 2.22. The van der Waals surface area contributed by atoms with E-state index in [1.165, 1.54) is 0 Å². The maximum atomic E-state index is 9.88. The van der Waals surface area contributed by atoms with Gasteiger partial charge >= 0.3 is 0 Å². The normalized spacial score (nSPS) is 19.1. The first kappa shape index (κ1) is 14.2. The molecule has 0 spiro atoms. The Morgan fingerprint density at radius 2 is 1.74 bits per heavy atom. The predicted octanol–water partition coefficient (Wildman–Crippen LogP) is 1.92. The van der Waals surface area contributed by atoms with E-state index >= 15 is 0 Å². The Bertz CT molecular complexity index is 379. The van der Waals surface area contributed by atoms with Crippen LogP contribution >= 0.6 is 0 Å². The first-order chi connectivity index (χ1) is 9.09. The zero-order chi connectivity index (χ0) is 13.7. The molecule has 1 saturated heterocycles. The highest BCUT2D eigenvalue weighted by Crippen LogP contribution is 2.21. The molecule has 0 atom stereocenters. The molecule has 1 aromatic rings. The van der Waals surface area contributed by atoms with Crippen molar-refractivity contribution in [2.75, 3.05) is 33.4 Å². The molecule has 1 heterocycles. The van der Waals surface area contributed by atoms with Crippen LogP contribution in [-0.4, -0.2) is 49.0 Å². The minimum atomic E-state index is -0.479. The van der Waals surface area contributed by atoms with Crippen molar-refractivity contribution in [2.24, 2.45) is 0 Å². The Balaban J connectivity index is 1.69. The number of benzene rings is 1. The summed E-state index contributed by atoms with van der Waals surface area (Å²) >= 11 is 0. The molecule has 0 unspecified atom stereocenters. The number of hydrogen-bond acceptors (Lipinski definition) is 4. The monoisotopic (exact) mass is 265 g/mol. The van der Waals surface area contributed by atoms with E-state index < -0.39 is 5.60 Å². The second-order valence-electron chi connectivity index (χ2n) is 5.36. The average molecular weight is 265 g/mol. The van der Waals surface area contributed by atoms with Crippen LogP contribution < -0.4 is 9.47 Å². The number of likely N-dealkylation sites (tertiary alicyclic amines) is 1. The molecule has 1 aliphatic heterocycles. The lowest BCUT2D eigenvalue weighted by molar-refractivity contribution is -0.00768. The third kappa shape index (κ3) is 4.40. The van der Waals surface area contributed by atoms with Gasteiger partial charge in [0.15, 0.2) is 0 Å². The SMILES string of the molecule is COc1ccc(OCCN2CCC(C)(O)CC2)cc1. The number of aliphatic hydroxyl groups is 1. The van der Waals surface area contributed by atoms with E-state index in [0.717, 1.165) is 44.0 Å². The number of ether oxygens (including phenoxy) is 2. The van der Waals surface area contributed by atoms with Crippen molar-refractivity contribution in [1.29, 1.82) is 0 Å². The molecule has 1 aliphatic rings. The van der Waals surface area contributed by atoms with E-state index in [2.05, 4.69) is 4.90 Å². The van der Waals surface area contributed by atoms with Gasteiger partial charge in [0.2, 0.25) is 0 Å². The van der Waals surface area contributed by atoms with Crippen molar-refractivity contribution in [1.82, 2.24) is 4.90 Å². The summed E-state index contributed by atoms with van der Waals surface area (Å²) in [5.74, 6) is 1.70. The largest absolute Gasteiger partial charge is 0.497 e. The Labute approximate surface area is 114 Å². The minimum Gasteiger partial charge on any atom is -0.497 e. The predicted molar refractivity (Wildman–Crippen MR) is 74.8 cm³/mol. The van der Waals surface area contributed by atoms with Crippen LogP contribution in [0.1, 0.15) is 19.8 Å². The summed E-state index contributed by atoms with van der Waals surface area (Å²) in [7, 11) is 1.65. The Hall–Kier alpha value is -1.26. The Morgan fingerprint density at radius 1 is 1.16 bits per heavy atom. The first-order valence-electron chi connectivity index (χ1n) is 6.81. The maximum Gasteiger partial charge on any atom is 0.119 e. The third-order valence-corrected chi connectivity index (χ3v) is 3.67. The van der Waals surface area contributed by atoms with Gasteiger partial charge in [0.25, 0.3) is 0 Å². The van der Waals surface area contributed by atoms with Crippen LogP contribution in [-0.2, 0) is 0 Å². The molecule has 0 radical (unpaired) electrons. The van der Waals surface area contributed by atoms with Crippen molar-refractivity contribution in [3.8, 4) is 11.5 Å². The van der Waals surface area contributed by atoms with Crippen LogP contribution in [0.15, 0.2) is 24.3 Å². The molecule has 0 saturated carbocycles. The molecule has 2 rings (SSSR count). The van der Waals surface area contributed by atoms with Gasteiger partial charge in [0.05, 0.1) is 12.7 Å². The molecule has 0 aromatic heterocycles. The minimum absolute atomic E-state index is 0.479. The molecule has 0 amide bonds. The van der Waals surface area contributed by atoms with Gasteiger partial charge in [-0.3, -0.25) is 4.90 Å². The molecule has 106 valence electrons. The lowest BCUT2D eigenvalue weighted by Gasteiger charge is -2.35. The molecule has 1 aromatic carbocycles. The van der Waals surface area contributed by atoms with Gasteiger partial charge < -0.3 is 14.6 Å². The number of rotatable bonds is 5. The second-order valence-corrected chi connectivity index (χ2v) is 5.36. The summed E-state index contributed by atoms with van der Waals surface area (Å²) in [6.07, 6.45) is 1.69. The summed E-state index contributed by atoms with van der Waals surface area (Å²) in [4.78, 5) is 2.33. The van der Waals surface area contributed by atoms with Crippen molar-refractivity contribution in [3.05, 3.63) is 24.3 Å². The highest BCUT2D eigenvalue weighted by Gasteiger charge is 2.26. The molecular weight excluding hydrogens is 242 g/mol. The van der Waals surface area contributed by atoms with Crippen molar-refractivity contribution in [2.45, 2.75) is 25.4 Å². The van der Waals surface area contributed by atoms with Crippen molar-refractivity contribution in [3.63, 3.8) is 0 Å². The van der Waals surface area contributed by atoms with E-state index in [1.54, 1.807) is 7.11 Å². The smallest absolute Gasteiger partial charge is 0.119 e. The summed E-state index contributed by atoms with van der Waals surface area (Å²) < 4.78 is 10.8. The van der Waals surface area contributed by atoms with Crippen molar-refractivity contribution < 1.29 is 14.6 Å². The van der Waals surface area contributed by atoms with E-state index in [4.69, 9.17) is 9.47 Å². The third-order valence-electron chi connectivity index (χ3n) is 3.67. The van der Waals surface area contributed by atoms with Gasteiger partial charge in [-0.1, -0.05) is 0 Å². The van der Waals surface area contributed by atoms with Gasteiger partial charge in [0.1, 0.15) is 18.1 Å². The van der Waals surface area contributed by atoms with Crippen LogP contribution in [0, 0.1) is 0 Å². The lowest BCUT2D eigenvalue weighted by Crippen LogP contribution is -2.43. The standard InChI is InChI=1S/C15H23NO3/c1-15(17)7-9-16(10-8-15)11-12-19-14-5-3-13(18-2)4-6-14/h3-6,17H,7-12H2,1-2H3. The molecule has 1 fully saturated rings. The van der Waals surface area contributed by atoms with Crippen molar-refractivity contribution >= 4 is 0 Å². The van der Waals surface area contributed by atoms with E-state index in [9.17, 15) is 5.11 Å². The molecule has 0 aliphatic carbocycles. The molecule has 0 bridgehead atoms. The summed E-state index contributed by atoms with van der Waals surface area (Å²) in [5.41, 5.74) is -0.479. The van der Waals surface area contributed by atoms with E-state index in [-0.39, 0.29) is 0 Å². The summed E-state index contributed by atoms with van der Waals surface area (Å²) in [6, 6.07) is 7.63. The van der Waals surface area contributed by atoms with Crippen LogP contribution in [0.2, 0.25) is 0 Å². The van der Waals surface area contributed by atoms with Gasteiger partial charge in [0, 0.05) is 19.6 Å². The maximum absolute atomic E-state index is 9.88. The van der Waals surface area contributed by atoms with Gasteiger partial charge in [-0.2, -0.15) is 0 Å². The zero-order valence-electron chi connectivity index (χ0n) is 11.8. The highest BCUT2D eigenvalue weighted by molar-refractivity contribution is 5.31. The summed E-state index contributed by atoms with van der Waals surface area (Å²) in [6.45, 7) is 5.38.